The van der Waals surface area contributed by atoms with Crippen molar-refractivity contribution in [3.05, 3.63) is 30.3 Å². The van der Waals surface area contributed by atoms with Crippen molar-refractivity contribution in [1.29, 1.82) is 0 Å². The van der Waals surface area contributed by atoms with E-state index in [2.05, 4.69) is 5.32 Å². The van der Waals surface area contributed by atoms with Crippen LogP contribution in [0.3, 0.4) is 0 Å². The summed E-state index contributed by atoms with van der Waals surface area (Å²) < 4.78 is 26.6. The predicted octanol–water partition coefficient (Wildman–Crippen LogP) is -0.0225. The molecule has 0 bridgehead atoms. The Hall–Kier alpha value is -1.97. The number of benzene rings is 1. The van der Waals surface area contributed by atoms with Gasteiger partial charge in [-0.3, -0.25) is 9.59 Å². The number of piperazine rings is 1. The Kier molecular flexibility index (Phi) is 7.76. The highest BCUT2D eigenvalue weighted by atomic mass is 32.2. The van der Waals surface area contributed by atoms with Crippen molar-refractivity contribution < 1.29 is 18.0 Å². The van der Waals surface area contributed by atoms with Gasteiger partial charge in [0.1, 0.15) is 0 Å². The van der Waals surface area contributed by atoms with E-state index in [1.165, 1.54) is 4.31 Å². The second-order valence-electron chi connectivity index (χ2n) is 6.52. The highest BCUT2D eigenvalue weighted by Gasteiger charge is 2.30. The summed E-state index contributed by atoms with van der Waals surface area (Å²) in [5, 5.41) is 2.98. The van der Waals surface area contributed by atoms with E-state index in [1.807, 2.05) is 7.05 Å². The number of carbonyl (C=O) groups excluding carboxylic acids is 2. The lowest BCUT2D eigenvalue weighted by molar-refractivity contribution is -0.137. The highest BCUT2D eigenvalue weighted by molar-refractivity contribution is 7.89. The first-order valence-corrected chi connectivity index (χ1v) is 10.5. The molecule has 1 fully saturated rings. The lowest BCUT2D eigenvalue weighted by Crippen LogP contribution is -2.50. The molecule has 0 unspecified atom stereocenters. The molecule has 27 heavy (non-hydrogen) atoms. The van der Waals surface area contributed by atoms with Crippen LogP contribution in [0.2, 0.25) is 0 Å². The maximum atomic E-state index is 12.6. The van der Waals surface area contributed by atoms with Crippen LogP contribution in [0.5, 0.6) is 0 Å². The summed E-state index contributed by atoms with van der Waals surface area (Å²) in [5.74, 6) is -0.175. The minimum Gasteiger partial charge on any atom is -0.344 e. The summed E-state index contributed by atoms with van der Waals surface area (Å²) in [4.78, 5) is 27.9. The van der Waals surface area contributed by atoms with E-state index in [0.29, 0.717) is 26.2 Å². The van der Waals surface area contributed by atoms with Crippen molar-refractivity contribution >= 4 is 21.8 Å². The van der Waals surface area contributed by atoms with E-state index in [4.69, 9.17) is 0 Å². The van der Waals surface area contributed by atoms with Gasteiger partial charge in [0.15, 0.2) is 0 Å². The molecule has 8 nitrogen and oxygen atoms in total. The van der Waals surface area contributed by atoms with Gasteiger partial charge >= 0.3 is 0 Å². The fourth-order valence-corrected chi connectivity index (χ4v) is 4.33. The van der Waals surface area contributed by atoms with Crippen molar-refractivity contribution in [3.63, 3.8) is 0 Å². The SMILES string of the molecule is CNCCN(C)C(=O)CCC(=O)N1CCN(S(=O)(=O)c2ccccc2)CC1. The van der Waals surface area contributed by atoms with Gasteiger partial charge in [-0.1, -0.05) is 18.2 Å². The van der Waals surface area contributed by atoms with E-state index in [1.54, 1.807) is 47.2 Å². The van der Waals surface area contributed by atoms with Crippen molar-refractivity contribution in [2.24, 2.45) is 0 Å². The average Bonchev–Trinajstić information content (AvgIpc) is 2.70. The third kappa shape index (κ3) is 5.75. The fraction of sp³-hybridized carbons (Fsp3) is 0.556. The molecule has 1 aromatic rings. The Morgan fingerprint density at radius 1 is 1.07 bits per heavy atom. The number of rotatable bonds is 8. The molecular weight excluding hydrogens is 368 g/mol. The first-order chi connectivity index (χ1) is 12.9. The monoisotopic (exact) mass is 396 g/mol. The molecule has 150 valence electrons. The van der Waals surface area contributed by atoms with Gasteiger partial charge in [0.05, 0.1) is 4.90 Å². The number of hydrogen-bond acceptors (Lipinski definition) is 5. The first-order valence-electron chi connectivity index (χ1n) is 9.08. The topological polar surface area (TPSA) is 90.0 Å². The number of hydrogen-bond donors (Lipinski definition) is 1. The third-order valence-electron chi connectivity index (χ3n) is 4.65. The molecular formula is C18H28N4O4S. The van der Waals surface area contributed by atoms with Gasteiger partial charge < -0.3 is 15.1 Å². The Morgan fingerprint density at radius 3 is 2.30 bits per heavy atom. The molecule has 0 aliphatic carbocycles. The zero-order chi connectivity index (χ0) is 19.9. The van der Waals surface area contributed by atoms with Crippen LogP contribution in [0.15, 0.2) is 35.2 Å². The minimum absolute atomic E-state index is 0.0658. The number of nitrogens with one attached hydrogen (secondary N) is 1. The first kappa shape index (κ1) is 21.3. The molecule has 1 heterocycles. The Bertz CT molecular complexity index is 731. The van der Waals surface area contributed by atoms with Gasteiger partial charge in [-0.05, 0) is 19.2 Å². The van der Waals surface area contributed by atoms with E-state index in [0.717, 1.165) is 0 Å². The Balaban J connectivity index is 1.81. The van der Waals surface area contributed by atoms with E-state index < -0.39 is 10.0 Å². The van der Waals surface area contributed by atoms with Gasteiger partial charge in [-0.2, -0.15) is 4.31 Å². The summed E-state index contributed by atoms with van der Waals surface area (Å²) in [7, 11) is 0.0102. The van der Waals surface area contributed by atoms with Gasteiger partial charge in [0.25, 0.3) is 0 Å². The predicted molar refractivity (Wildman–Crippen MR) is 103 cm³/mol. The van der Waals surface area contributed by atoms with Crippen molar-refractivity contribution in [1.82, 2.24) is 19.4 Å². The molecule has 0 saturated carbocycles. The average molecular weight is 397 g/mol. The standard InChI is InChI=1S/C18H28N4O4S/c1-19-10-11-20(2)17(23)8-9-18(24)21-12-14-22(15-13-21)27(25,26)16-6-4-3-5-7-16/h3-7,19H,8-15H2,1-2H3. The quantitative estimate of drug-likeness (QED) is 0.667. The number of carbonyl (C=O) groups is 2. The van der Waals surface area contributed by atoms with E-state index in [9.17, 15) is 18.0 Å². The van der Waals surface area contributed by atoms with Crippen LogP contribution < -0.4 is 5.32 Å². The second kappa shape index (κ2) is 9.82. The van der Waals surface area contributed by atoms with Crippen LogP contribution in [0.1, 0.15) is 12.8 Å². The molecule has 9 heteroatoms. The van der Waals surface area contributed by atoms with Crippen molar-refractivity contribution in [2.75, 3.05) is 53.4 Å². The van der Waals surface area contributed by atoms with E-state index in [-0.39, 0.29) is 42.6 Å². The normalized spacial score (nSPS) is 15.6. The van der Waals surface area contributed by atoms with Crippen LogP contribution in [0.25, 0.3) is 0 Å². The molecule has 1 aromatic carbocycles. The maximum absolute atomic E-state index is 12.6. The van der Waals surface area contributed by atoms with Crippen LogP contribution in [0.4, 0.5) is 0 Å². The summed E-state index contributed by atoms with van der Waals surface area (Å²) in [6.07, 6.45) is 0.315. The number of amides is 2. The molecule has 2 amide bonds. The Labute approximate surface area is 161 Å². The molecule has 1 aliphatic heterocycles. The molecule has 0 aromatic heterocycles. The van der Waals surface area contributed by atoms with Gasteiger partial charge in [-0.15, -0.1) is 0 Å². The number of sulfonamides is 1. The second-order valence-corrected chi connectivity index (χ2v) is 8.45. The van der Waals surface area contributed by atoms with Crippen LogP contribution in [0, 0.1) is 0 Å². The maximum Gasteiger partial charge on any atom is 0.243 e. The summed E-state index contributed by atoms with van der Waals surface area (Å²) in [5.41, 5.74) is 0. The summed E-state index contributed by atoms with van der Waals surface area (Å²) in [6, 6.07) is 8.30. The molecule has 0 spiro atoms. The van der Waals surface area contributed by atoms with Gasteiger partial charge in [0, 0.05) is 59.2 Å². The molecule has 1 N–H and O–H groups in total. The van der Waals surface area contributed by atoms with Crippen molar-refractivity contribution in [3.8, 4) is 0 Å². The third-order valence-corrected chi connectivity index (χ3v) is 6.56. The largest absolute Gasteiger partial charge is 0.344 e. The fourth-order valence-electron chi connectivity index (χ4n) is 2.89. The lowest BCUT2D eigenvalue weighted by atomic mass is 10.2. The summed E-state index contributed by atoms with van der Waals surface area (Å²) >= 11 is 0. The van der Waals surface area contributed by atoms with Crippen LogP contribution >= 0.6 is 0 Å². The lowest BCUT2D eigenvalue weighted by Gasteiger charge is -2.34. The number of likely N-dealkylation sites (N-methyl/N-ethyl adjacent to an activating group) is 2. The van der Waals surface area contributed by atoms with E-state index >= 15 is 0 Å². The zero-order valence-corrected chi connectivity index (χ0v) is 16.7. The molecule has 1 saturated heterocycles. The highest BCUT2D eigenvalue weighted by Crippen LogP contribution is 2.17. The smallest absolute Gasteiger partial charge is 0.243 e. The molecule has 0 radical (unpaired) electrons. The summed E-state index contributed by atoms with van der Waals surface area (Å²) in [6.45, 7) is 2.51. The molecule has 2 rings (SSSR count). The van der Waals surface area contributed by atoms with Crippen molar-refractivity contribution in [2.45, 2.75) is 17.7 Å². The molecule has 1 aliphatic rings. The van der Waals surface area contributed by atoms with Gasteiger partial charge in [0.2, 0.25) is 21.8 Å². The Morgan fingerprint density at radius 2 is 1.70 bits per heavy atom. The zero-order valence-electron chi connectivity index (χ0n) is 15.9. The molecule has 0 atom stereocenters. The minimum atomic E-state index is -3.53. The van der Waals surface area contributed by atoms with Gasteiger partial charge in [-0.25, -0.2) is 8.42 Å². The van der Waals surface area contributed by atoms with Crippen LogP contribution in [-0.4, -0.2) is 87.7 Å². The van der Waals surface area contributed by atoms with Crippen LogP contribution in [-0.2, 0) is 19.6 Å². The number of nitrogens with zero attached hydrogens (tertiary/aromatic N) is 3.